The van der Waals surface area contributed by atoms with E-state index in [1.165, 1.54) is 11.3 Å². The monoisotopic (exact) mass is 254 g/mol. The largest absolute Gasteiger partial charge is 0.392 e. The molecule has 0 radical (unpaired) electrons. The van der Waals surface area contributed by atoms with Gasteiger partial charge in [-0.1, -0.05) is 18.2 Å². The Balaban J connectivity index is 2.13. The molecule has 1 aliphatic heterocycles. The van der Waals surface area contributed by atoms with E-state index < -0.39 is 0 Å². The number of rotatable bonds is 2. The van der Waals surface area contributed by atoms with Gasteiger partial charge in [-0.2, -0.15) is 0 Å². The molecule has 0 fully saturated rings. The third-order valence-corrected chi connectivity index (χ3v) is 3.83. The van der Waals surface area contributed by atoms with Gasteiger partial charge in [0.25, 0.3) is 0 Å². The number of benzene rings is 1. The first-order valence-electron chi connectivity index (χ1n) is 6.72. The first-order chi connectivity index (χ1) is 9.31. The second kappa shape index (κ2) is 5.02. The van der Waals surface area contributed by atoms with Crippen LogP contribution in [0.4, 0.5) is 11.4 Å². The summed E-state index contributed by atoms with van der Waals surface area (Å²) in [6.45, 7) is 2.26. The van der Waals surface area contributed by atoms with E-state index in [4.69, 9.17) is 0 Å². The standard InChI is InChI=1S/C16H18N2O/c1-12-6-7-13-4-2-3-5-15(13)18(12)16-8-9-17-10-14(16)11-19/h2-5,8-10,12,19H,6-7,11H2,1H3. The average molecular weight is 254 g/mol. The quantitative estimate of drug-likeness (QED) is 0.895. The molecule has 1 N–H and O–H groups in total. The van der Waals surface area contributed by atoms with Gasteiger partial charge in [-0.15, -0.1) is 0 Å². The van der Waals surface area contributed by atoms with Gasteiger partial charge in [-0.3, -0.25) is 4.98 Å². The second-order valence-corrected chi connectivity index (χ2v) is 5.05. The fraction of sp³-hybridized carbons (Fsp3) is 0.312. The van der Waals surface area contributed by atoms with E-state index >= 15 is 0 Å². The van der Waals surface area contributed by atoms with Gasteiger partial charge in [-0.05, 0) is 37.5 Å². The number of aryl methyl sites for hydroxylation is 1. The predicted molar refractivity (Wildman–Crippen MR) is 76.5 cm³/mol. The van der Waals surface area contributed by atoms with E-state index in [9.17, 15) is 5.11 Å². The molecule has 1 aromatic carbocycles. The normalized spacial score (nSPS) is 18.2. The van der Waals surface area contributed by atoms with Gasteiger partial charge >= 0.3 is 0 Å². The minimum absolute atomic E-state index is 0.0224. The molecule has 3 nitrogen and oxygen atoms in total. The van der Waals surface area contributed by atoms with E-state index in [1.807, 2.05) is 6.07 Å². The maximum atomic E-state index is 9.52. The number of anilines is 2. The van der Waals surface area contributed by atoms with Crippen molar-refractivity contribution in [1.29, 1.82) is 0 Å². The summed E-state index contributed by atoms with van der Waals surface area (Å²) in [4.78, 5) is 6.43. The van der Waals surface area contributed by atoms with Crippen molar-refractivity contribution in [3.63, 3.8) is 0 Å². The van der Waals surface area contributed by atoms with Crippen molar-refractivity contribution < 1.29 is 5.11 Å². The lowest BCUT2D eigenvalue weighted by Gasteiger charge is -2.38. The van der Waals surface area contributed by atoms with Gasteiger partial charge in [0, 0.05) is 35.4 Å². The highest BCUT2D eigenvalue weighted by Crippen LogP contribution is 2.37. The lowest BCUT2D eigenvalue weighted by Crippen LogP contribution is -2.33. The molecule has 0 saturated heterocycles. The van der Waals surface area contributed by atoms with Crippen LogP contribution in [-0.2, 0) is 13.0 Å². The summed E-state index contributed by atoms with van der Waals surface area (Å²) in [6.07, 6.45) is 5.79. The number of hydrogen-bond acceptors (Lipinski definition) is 3. The first-order valence-corrected chi connectivity index (χ1v) is 6.72. The zero-order chi connectivity index (χ0) is 13.2. The zero-order valence-corrected chi connectivity index (χ0v) is 11.1. The molecule has 1 unspecified atom stereocenters. The third kappa shape index (κ3) is 2.10. The lowest BCUT2D eigenvalue weighted by molar-refractivity contribution is 0.281. The molecular formula is C16H18N2O. The Kier molecular flexibility index (Phi) is 3.22. The van der Waals surface area contributed by atoms with Crippen LogP contribution in [0.15, 0.2) is 42.7 Å². The van der Waals surface area contributed by atoms with Crippen molar-refractivity contribution in [1.82, 2.24) is 4.98 Å². The summed E-state index contributed by atoms with van der Waals surface area (Å²) in [6, 6.07) is 10.9. The number of nitrogens with zero attached hydrogens (tertiary/aromatic N) is 2. The highest BCUT2D eigenvalue weighted by atomic mass is 16.3. The van der Waals surface area contributed by atoms with Crippen LogP contribution in [0.1, 0.15) is 24.5 Å². The summed E-state index contributed by atoms with van der Waals surface area (Å²) in [5.41, 5.74) is 4.58. The average Bonchev–Trinajstić information content (AvgIpc) is 2.47. The minimum atomic E-state index is 0.0224. The van der Waals surface area contributed by atoms with Crippen molar-refractivity contribution in [2.45, 2.75) is 32.4 Å². The van der Waals surface area contributed by atoms with Gasteiger partial charge in [0.15, 0.2) is 0 Å². The van der Waals surface area contributed by atoms with E-state index in [1.54, 1.807) is 12.4 Å². The highest BCUT2D eigenvalue weighted by Gasteiger charge is 2.25. The summed E-state index contributed by atoms with van der Waals surface area (Å²) in [5, 5.41) is 9.52. The smallest absolute Gasteiger partial charge is 0.0717 e. The van der Waals surface area contributed by atoms with Crippen LogP contribution >= 0.6 is 0 Å². The molecule has 2 aromatic rings. The first kappa shape index (κ1) is 12.2. The van der Waals surface area contributed by atoms with Crippen molar-refractivity contribution in [3.8, 4) is 0 Å². The molecule has 1 aromatic heterocycles. The molecule has 0 amide bonds. The number of pyridine rings is 1. The van der Waals surface area contributed by atoms with Crippen molar-refractivity contribution in [2.24, 2.45) is 0 Å². The molecule has 0 saturated carbocycles. The van der Waals surface area contributed by atoms with E-state index in [2.05, 4.69) is 41.1 Å². The molecule has 3 rings (SSSR count). The Morgan fingerprint density at radius 1 is 1.26 bits per heavy atom. The molecule has 1 aliphatic rings. The number of aliphatic hydroxyl groups is 1. The summed E-state index contributed by atoms with van der Waals surface area (Å²) >= 11 is 0. The van der Waals surface area contributed by atoms with Crippen LogP contribution in [0.3, 0.4) is 0 Å². The van der Waals surface area contributed by atoms with E-state index in [-0.39, 0.29) is 6.61 Å². The molecule has 1 atom stereocenters. The van der Waals surface area contributed by atoms with Gasteiger partial charge < -0.3 is 10.0 Å². The second-order valence-electron chi connectivity index (χ2n) is 5.05. The third-order valence-electron chi connectivity index (χ3n) is 3.83. The summed E-state index contributed by atoms with van der Waals surface area (Å²) in [7, 11) is 0. The Labute approximate surface area is 113 Å². The topological polar surface area (TPSA) is 36.4 Å². The van der Waals surface area contributed by atoms with Crippen molar-refractivity contribution >= 4 is 11.4 Å². The number of fused-ring (bicyclic) bond motifs is 1. The number of aliphatic hydroxyl groups excluding tert-OH is 1. The summed E-state index contributed by atoms with van der Waals surface area (Å²) in [5.74, 6) is 0. The number of hydrogen-bond donors (Lipinski definition) is 1. The van der Waals surface area contributed by atoms with Crippen LogP contribution in [0.5, 0.6) is 0 Å². The number of aromatic nitrogens is 1. The van der Waals surface area contributed by atoms with Crippen LogP contribution < -0.4 is 4.90 Å². The Morgan fingerprint density at radius 3 is 2.95 bits per heavy atom. The maximum absolute atomic E-state index is 9.52. The molecular weight excluding hydrogens is 236 g/mol. The molecule has 0 bridgehead atoms. The lowest BCUT2D eigenvalue weighted by atomic mass is 9.95. The van der Waals surface area contributed by atoms with Gasteiger partial charge in [0.05, 0.1) is 6.61 Å². The van der Waals surface area contributed by atoms with E-state index in [0.717, 1.165) is 24.1 Å². The van der Waals surface area contributed by atoms with E-state index in [0.29, 0.717) is 6.04 Å². The Morgan fingerprint density at radius 2 is 2.11 bits per heavy atom. The fourth-order valence-electron chi connectivity index (χ4n) is 2.83. The van der Waals surface area contributed by atoms with Crippen LogP contribution in [0.25, 0.3) is 0 Å². The van der Waals surface area contributed by atoms with Crippen LogP contribution in [0.2, 0.25) is 0 Å². The SMILES string of the molecule is CC1CCc2ccccc2N1c1ccncc1CO. The molecule has 98 valence electrons. The molecule has 0 aliphatic carbocycles. The van der Waals surface area contributed by atoms with Gasteiger partial charge in [-0.25, -0.2) is 0 Å². The zero-order valence-electron chi connectivity index (χ0n) is 11.1. The van der Waals surface area contributed by atoms with Crippen LogP contribution in [0, 0.1) is 0 Å². The molecule has 0 spiro atoms. The Hall–Kier alpha value is -1.87. The van der Waals surface area contributed by atoms with Gasteiger partial charge in [0.2, 0.25) is 0 Å². The van der Waals surface area contributed by atoms with Crippen molar-refractivity contribution in [3.05, 3.63) is 53.9 Å². The highest BCUT2D eigenvalue weighted by molar-refractivity contribution is 5.70. The molecule has 2 heterocycles. The minimum Gasteiger partial charge on any atom is -0.392 e. The predicted octanol–water partition coefficient (Wildman–Crippen LogP) is 3.05. The Bertz CT molecular complexity index is 582. The van der Waals surface area contributed by atoms with Gasteiger partial charge in [0.1, 0.15) is 0 Å². The number of para-hydroxylation sites is 1. The van der Waals surface area contributed by atoms with Crippen molar-refractivity contribution in [2.75, 3.05) is 4.90 Å². The fourth-order valence-corrected chi connectivity index (χ4v) is 2.83. The van der Waals surface area contributed by atoms with Crippen LogP contribution in [-0.4, -0.2) is 16.1 Å². The molecule has 3 heteroatoms. The summed E-state index contributed by atoms with van der Waals surface area (Å²) < 4.78 is 0. The maximum Gasteiger partial charge on any atom is 0.0717 e. The molecule has 19 heavy (non-hydrogen) atoms.